The molecule has 2 aliphatic rings. The van der Waals surface area contributed by atoms with Crippen LogP contribution in [0.1, 0.15) is 12.0 Å². The third-order valence-corrected chi connectivity index (χ3v) is 4.99. The third kappa shape index (κ3) is 3.71. The second-order valence-electron chi connectivity index (χ2n) is 6.73. The van der Waals surface area contributed by atoms with E-state index in [1.54, 1.807) is 19.6 Å². The monoisotopic (exact) mass is 352 g/mol. The molecule has 2 atom stereocenters. The van der Waals surface area contributed by atoms with Crippen LogP contribution in [0.25, 0.3) is 6.08 Å². The third-order valence-electron chi connectivity index (χ3n) is 4.99. The highest BCUT2D eigenvalue weighted by Crippen LogP contribution is 2.26. The molecule has 0 saturated carbocycles. The molecule has 1 aromatic heterocycles. The zero-order chi connectivity index (χ0) is 17.8. The molecule has 6 nitrogen and oxygen atoms in total. The molecule has 3 heterocycles. The van der Waals surface area contributed by atoms with E-state index in [0.717, 1.165) is 43.2 Å². The number of nitrogens with one attached hydrogen (secondary N) is 1. The van der Waals surface area contributed by atoms with E-state index < -0.39 is 0 Å². The number of hydrogen-bond donors (Lipinski definition) is 1. The molecule has 2 aliphatic heterocycles. The second-order valence-corrected chi connectivity index (χ2v) is 6.73. The smallest absolute Gasteiger partial charge is 0.132 e. The lowest BCUT2D eigenvalue weighted by atomic mass is 10.1. The predicted molar refractivity (Wildman–Crippen MR) is 101 cm³/mol. The van der Waals surface area contributed by atoms with Gasteiger partial charge in [-0.1, -0.05) is 18.2 Å². The van der Waals surface area contributed by atoms with Crippen molar-refractivity contribution < 1.29 is 9.47 Å². The molecule has 1 N–H and O–H groups in total. The van der Waals surface area contributed by atoms with E-state index in [4.69, 9.17) is 9.47 Å². The fourth-order valence-electron chi connectivity index (χ4n) is 3.64. The van der Waals surface area contributed by atoms with Crippen LogP contribution >= 0.6 is 0 Å². The van der Waals surface area contributed by atoms with E-state index >= 15 is 0 Å². The van der Waals surface area contributed by atoms with Gasteiger partial charge in [-0.3, -0.25) is 0 Å². The number of nitrogens with zero attached hydrogens (tertiary/aromatic N) is 3. The van der Waals surface area contributed by atoms with Gasteiger partial charge in [-0.25, -0.2) is 9.97 Å². The lowest BCUT2D eigenvalue weighted by Crippen LogP contribution is -2.39. The van der Waals surface area contributed by atoms with Gasteiger partial charge >= 0.3 is 0 Å². The van der Waals surface area contributed by atoms with Crippen LogP contribution < -0.4 is 15.0 Å². The molecule has 0 spiro atoms. The van der Waals surface area contributed by atoms with Crippen molar-refractivity contribution in [2.45, 2.75) is 18.6 Å². The Labute approximate surface area is 153 Å². The van der Waals surface area contributed by atoms with Crippen LogP contribution in [0.4, 0.5) is 5.82 Å². The van der Waals surface area contributed by atoms with Crippen LogP contribution in [-0.4, -0.2) is 55.5 Å². The summed E-state index contributed by atoms with van der Waals surface area (Å²) in [6, 6.07) is 10.5. The molecule has 2 aromatic rings. The van der Waals surface area contributed by atoms with Gasteiger partial charge in [0.25, 0.3) is 0 Å². The number of fused-ring (bicyclic) bond motifs is 1. The van der Waals surface area contributed by atoms with E-state index in [0.29, 0.717) is 12.6 Å². The minimum absolute atomic E-state index is 0.237. The molecule has 0 amide bonds. The van der Waals surface area contributed by atoms with Crippen LogP contribution in [0.5, 0.6) is 5.75 Å². The van der Waals surface area contributed by atoms with Crippen LogP contribution in [0.15, 0.2) is 48.4 Å². The van der Waals surface area contributed by atoms with Crippen molar-refractivity contribution in [3.63, 3.8) is 0 Å². The Kier molecular flexibility index (Phi) is 5.13. The van der Waals surface area contributed by atoms with E-state index in [2.05, 4.69) is 32.3 Å². The number of para-hydroxylation sites is 1. The maximum absolute atomic E-state index is 5.83. The van der Waals surface area contributed by atoms with Gasteiger partial charge in [0.2, 0.25) is 0 Å². The number of anilines is 1. The van der Waals surface area contributed by atoms with E-state index in [9.17, 15) is 0 Å². The van der Waals surface area contributed by atoms with Crippen molar-refractivity contribution in [1.82, 2.24) is 15.3 Å². The summed E-state index contributed by atoms with van der Waals surface area (Å²) in [5, 5.41) is 3.58. The molecule has 1 saturated heterocycles. The number of hydrogen-bond acceptors (Lipinski definition) is 6. The summed E-state index contributed by atoms with van der Waals surface area (Å²) < 4.78 is 11.4. The molecule has 136 valence electrons. The first kappa shape index (κ1) is 17.0. The highest BCUT2D eigenvalue weighted by Gasteiger charge is 2.32. The maximum Gasteiger partial charge on any atom is 0.132 e. The number of methoxy groups -OCH3 is 1. The molecule has 0 unspecified atom stereocenters. The fourth-order valence-corrected chi connectivity index (χ4v) is 3.64. The van der Waals surface area contributed by atoms with Gasteiger partial charge in [0.05, 0.1) is 6.10 Å². The number of rotatable bonds is 6. The summed E-state index contributed by atoms with van der Waals surface area (Å²) in [5.74, 6) is 1.92. The minimum atomic E-state index is 0.237. The van der Waals surface area contributed by atoms with E-state index in [1.807, 2.05) is 24.3 Å². The van der Waals surface area contributed by atoms with Crippen LogP contribution in [0, 0.1) is 0 Å². The van der Waals surface area contributed by atoms with Crippen molar-refractivity contribution in [3.8, 4) is 5.75 Å². The molecule has 26 heavy (non-hydrogen) atoms. The summed E-state index contributed by atoms with van der Waals surface area (Å²) in [4.78, 5) is 10.7. The lowest BCUT2D eigenvalue weighted by molar-refractivity contribution is 0.118. The summed E-state index contributed by atoms with van der Waals surface area (Å²) in [5.41, 5.74) is 2.41. The van der Waals surface area contributed by atoms with Crippen molar-refractivity contribution >= 4 is 11.9 Å². The van der Waals surface area contributed by atoms with Crippen molar-refractivity contribution in [1.29, 1.82) is 0 Å². The molecule has 0 radical (unpaired) electrons. The fraction of sp³-hybridized carbons (Fsp3) is 0.400. The Morgan fingerprint density at radius 3 is 3.08 bits per heavy atom. The van der Waals surface area contributed by atoms with Crippen molar-refractivity contribution in [2.24, 2.45) is 0 Å². The molecule has 0 bridgehead atoms. The maximum atomic E-state index is 5.83. The van der Waals surface area contributed by atoms with Gasteiger partial charge < -0.3 is 19.7 Å². The molecule has 4 rings (SSSR count). The Hall–Kier alpha value is -2.44. The van der Waals surface area contributed by atoms with Crippen LogP contribution in [0.2, 0.25) is 0 Å². The summed E-state index contributed by atoms with van der Waals surface area (Å²) in [6.07, 6.45) is 6.84. The largest absolute Gasteiger partial charge is 0.489 e. The van der Waals surface area contributed by atoms with Crippen LogP contribution in [-0.2, 0) is 4.74 Å². The summed E-state index contributed by atoms with van der Waals surface area (Å²) in [6.45, 7) is 3.20. The predicted octanol–water partition coefficient (Wildman–Crippen LogP) is 2.14. The zero-order valence-electron chi connectivity index (χ0n) is 15.0. The number of benzene rings is 1. The van der Waals surface area contributed by atoms with Gasteiger partial charge in [0, 0.05) is 44.5 Å². The number of aromatic nitrogens is 2. The first-order chi connectivity index (χ1) is 12.8. The molecular formula is C20H24N4O2. The van der Waals surface area contributed by atoms with Gasteiger partial charge in [0.1, 0.15) is 24.5 Å². The van der Waals surface area contributed by atoms with Gasteiger partial charge in [-0.2, -0.15) is 0 Å². The second kappa shape index (κ2) is 7.85. The lowest BCUT2D eigenvalue weighted by Gasteiger charge is -2.26. The first-order valence-corrected chi connectivity index (χ1v) is 9.01. The highest BCUT2D eigenvalue weighted by atomic mass is 16.5. The van der Waals surface area contributed by atoms with E-state index in [-0.39, 0.29) is 6.10 Å². The zero-order valence-corrected chi connectivity index (χ0v) is 15.0. The quantitative estimate of drug-likeness (QED) is 0.860. The molecule has 0 aliphatic carbocycles. The van der Waals surface area contributed by atoms with Crippen molar-refractivity contribution in [2.75, 3.05) is 38.3 Å². The summed E-state index contributed by atoms with van der Waals surface area (Å²) in [7, 11) is 1.78. The Bertz CT molecular complexity index is 765. The standard InChI is InChI=1S/C20H24N4O2/c1-25-18-9-17(24(12-18)20-6-7-21-14-23-20)11-22-10-15-8-16-4-2-3-5-19(16)26-13-15/h2-8,14,17-18,22H,9-13H2,1H3/t17-,18-/m1/s1. The first-order valence-electron chi connectivity index (χ1n) is 9.01. The normalized spacial score (nSPS) is 21.9. The van der Waals surface area contributed by atoms with Gasteiger partial charge in [0.15, 0.2) is 0 Å². The molecular weight excluding hydrogens is 328 g/mol. The SMILES string of the molecule is CO[C@@H]1C[C@H](CNCC2=Cc3ccccc3OC2)N(c2ccncn2)C1. The Morgan fingerprint density at radius 2 is 2.23 bits per heavy atom. The molecule has 1 aromatic carbocycles. The molecule has 6 heteroatoms. The average Bonchev–Trinajstić information content (AvgIpc) is 3.12. The Balaban J connectivity index is 1.37. The average molecular weight is 352 g/mol. The Morgan fingerprint density at radius 1 is 1.31 bits per heavy atom. The topological polar surface area (TPSA) is 59.5 Å². The molecule has 1 fully saturated rings. The summed E-state index contributed by atoms with van der Waals surface area (Å²) >= 11 is 0. The number of ether oxygens (including phenoxy) is 2. The minimum Gasteiger partial charge on any atom is -0.489 e. The van der Waals surface area contributed by atoms with Gasteiger partial charge in [-0.15, -0.1) is 0 Å². The van der Waals surface area contributed by atoms with Gasteiger partial charge in [-0.05, 0) is 30.2 Å². The van der Waals surface area contributed by atoms with E-state index in [1.165, 1.54) is 5.57 Å². The highest BCUT2D eigenvalue weighted by molar-refractivity contribution is 5.62. The van der Waals surface area contributed by atoms with Crippen molar-refractivity contribution in [3.05, 3.63) is 54.0 Å². The van der Waals surface area contributed by atoms with Crippen LogP contribution in [0.3, 0.4) is 0 Å².